The largest absolute Gasteiger partial charge is 0.508 e. The van der Waals surface area contributed by atoms with Crippen molar-refractivity contribution in [3.05, 3.63) is 65.7 Å². The average molecular weight is 352 g/mol. The number of piperidine rings is 1. The van der Waals surface area contributed by atoms with Gasteiger partial charge in [-0.1, -0.05) is 36.4 Å². The van der Waals surface area contributed by atoms with Gasteiger partial charge in [-0.15, -0.1) is 0 Å². The zero-order valence-electron chi connectivity index (χ0n) is 14.7. The Morgan fingerprint density at radius 3 is 2.35 bits per heavy atom. The van der Waals surface area contributed by atoms with E-state index in [4.69, 9.17) is 0 Å². The molecule has 0 aliphatic carbocycles. The fourth-order valence-corrected chi connectivity index (χ4v) is 3.25. The van der Waals surface area contributed by atoms with Crippen molar-refractivity contribution in [2.45, 2.75) is 31.7 Å². The van der Waals surface area contributed by atoms with Crippen LogP contribution in [0.4, 0.5) is 0 Å². The van der Waals surface area contributed by atoms with Crippen molar-refractivity contribution in [2.75, 3.05) is 13.1 Å². The zero-order chi connectivity index (χ0) is 18.4. The maximum atomic E-state index is 12.4. The lowest BCUT2D eigenvalue weighted by Gasteiger charge is -2.32. The van der Waals surface area contributed by atoms with E-state index in [1.807, 2.05) is 35.2 Å². The van der Waals surface area contributed by atoms with Gasteiger partial charge in [0, 0.05) is 31.1 Å². The lowest BCUT2D eigenvalue weighted by molar-refractivity contribution is -0.132. The number of para-hydroxylation sites is 1. The van der Waals surface area contributed by atoms with Crippen molar-refractivity contribution in [2.24, 2.45) is 0 Å². The first-order chi connectivity index (χ1) is 12.6. The first-order valence-corrected chi connectivity index (χ1v) is 9.04. The van der Waals surface area contributed by atoms with E-state index in [9.17, 15) is 14.7 Å². The fourth-order valence-electron chi connectivity index (χ4n) is 3.25. The Labute approximate surface area is 153 Å². The van der Waals surface area contributed by atoms with E-state index in [-0.39, 0.29) is 23.6 Å². The molecule has 0 spiro atoms. The van der Waals surface area contributed by atoms with E-state index in [1.54, 1.807) is 24.3 Å². The van der Waals surface area contributed by atoms with Gasteiger partial charge in [-0.05, 0) is 43.0 Å². The highest BCUT2D eigenvalue weighted by Crippen LogP contribution is 2.19. The number of benzene rings is 2. The van der Waals surface area contributed by atoms with Gasteiger partial charge in [-0.2, -0.15) is 0 Å². The van der Waals surface area contributed by atoms with Crippen LogP contribution >= 0.6 is 0 Å². The van der Waals surface area contributed by atoms with E-state index in [0.29, 0.717) is 31.5 Å². The number of amides is 2. The van der Waals surface area contributed by atoms with Gasteiger partial charge in [0.25, 0.3) is 5.91 Å². The van der Waals surface area contributed by atoms with Gasteiger partial charge in [0.1, 0.15) is 5.75 Å². The van der Waals surface area contributed by atoms with E-state index < -0.39 is 0 Å². The summed E-state index contributed by atoms with van der Waals surface area (Å²) in [6, 6.07) is 16.4. The second-order valence-electron chi connectivity index (χ2n) is 6.62. The molecule has 5 nitrogen and oxygen atoms in total. The predicted octanol–water partition coefficient (Wildman–Crippen LogP) is 2.75. The summed E-state index contributed by atoms with van der Waals surface area (Å²) in [6.07, 6.45) is 2.45. The number of likely N-dealkylation sites (tertiary alicyclic amines) is 1. The second-order valence-corrected chi connectivity index (χ2v) is 6.62. The third kappa shape index (κ3) is 4.63. The summed E-state index contributed by atoms with van der Waals surface area (Å²) in [4.78, 5) is 26.4. The van der Waals surface area contributed by atoms with Gasteiger partial charge in [0.2, 0.25) is 5.91 Å². The molecule has 2 aromatic rings. The third-order valence-corrected chi connectivity index (χ3v) is 4.82. The lowest BCUT2D eigenvalue weighted by Crippen LogP contribution is -2.46. The summed E-state index contributed by atoms with van der Waals surface area (Å²) in [5, 5.41) is 12.8. The third-order valence-electron chi connectivity index (χ3n) is 4.82. The molecule has 1 saturated heterocycles. The number of nitrogens with one attached hydrogen (secondary N) is 1. The highest BCUT2D eigenvalue weighted by molar-refractivity contribution is 5.94. The number of hydrogen-bond donors (Lipinski definition) is 2. The maximum Gasteiger partial charge on any atom is 0.251 e. The topological polar surface area (TPSA) is 69.6 Å². The molecule has 0 radical (unpaired) electrons. The van der Waals surface area contributed by atoms with Crippen LogP contribution in [0, 0.1) is 0 Å². The number of phenolic OH excluding ortho intramolecular Hbond substituents is 1. The highest BCUT2D eigenvalue weighted by atomic mass is 16.3. The van der Waals surface area contributed by atoms with Crippen molar-refractivity contribution in [3.63, 3.8) is 0 Å². The summed E-state index contributed by atoms with van der Waals surface area (Å²) < 4.78 is 0. The molecule has 136 valence electrons. The molecule has 26 heavy (non-hydrogen) atoms. The molecule has 0 unspecified atom stereocenters. The molecule has 2 N–H and O–H groups in total. The Bertz CT molecular complexity index is 753. The van der Waals surface area contributed by atoms with Gasteiger partial charge in [0.15, 0.2) is 0 Å². The molecule has 0 aromatic heterocycles. The molecule has 2 aromatic carbocycles. The number of rotatable bonds is 5. The van der Waals surface area contributed by atoms with Crippen LogP contribution in [0.1, 0.15) is 35.2 Å². The van der Waals surface area contributed by atoms with Crippen molar-refractivity contribution in [3.8, 4) is 5.75 Å². The monoisotopic (exact) mass is 352 g/mol. The zero-order valence-corrected chi connectivity index (χ0v) is 14.7. The Morgan fingerprint density at radius 1 is 1.00 bits per heavy atom. The van der Waals surface area contributed by atoms with Crippen molar-refractivity contribution in [1.82, 2.24) is 10.2 Å². The van der Waals surface area contributed by atoms with E-state index in [0.717, 1.165) is 18.4 Å². The number of nitrogens with zero attached hydrogens (tertiary/aromatic N) is 1. The number of carbonyl (C=O) groups is 2. The van der Waals surface area contributed by atoms with Crippen LogP contribution < -0.4 is 5.32 Å². The van der Waals surface area contributed by atoms with Gasteiger partial charge < -0.3 is 15.3 Å². The van der Waals surface area contributed by atoms with Gasteiger partial charge in [-0.25, -0.2) is 0 Å². The molecule has 2 amide bonds. The summed E-state index contributed by atoms with van der Waals surface area (Å²) in [7, 11) is 0. The van der Waals surface area contributed by atoms with Crippen LogP contribution in [0.25, 0.3) is 0 Å². The van der Waals surface area contributed by atoms with Crippen LogP contribution in [0.5, 0.6) is 5.75 Å². The minimum Gasteiger partial charge on any atom is -0.508 e. The normalized spacial score (nSPS) is 14.8. The number of carbonyl (C=O) groups excluding carboxylic acids is 2. The van der Waals surface area contributed by atoms with Crippen LogP contribution in [0.15, 0.2) is 54.6 Å². The number of aromatic hydroxyl groups is 1. The van der Waals surface area contributed by atoms with Crippen LogP contribution in [0.3, 0.4) is 0 Å². The molecule has 1 aliphatic heterocycles. The molecule has 0 saturated carbocycles. The van der Waals surface area contributed by atoms with Crippen LogP contribution in [-0.2, 0) is 11.2 Å². The first-order valence-electron chi connectivity index (χ1n) is 9.04. The van der Waals surface area contributed by atoms with Gasteiger partial charge in [0.05, 0.1) is 0 Å². The average Bonchev–Trinajstić information content (AvgIpc) is 2.68. The Kier molecular flexibility index (Phi) is 5.89. The van der Waals surface area contributed by atoms with Gasteiger partial charge >= 0.3 is 0 Å². The molecular weight excluding hydrogens is 328 g/mol. The smallest absolute Gasteiger partial charge is 0.251 e. The van der Waals surface area contributed by atoms with Crippen LogP contribution in [0.2, 0.25) is 0 Å². The molecule has 0 bridgehead atoms. The molecule has 0 atom stereocenters. The van der Waals surface area contributed by atoms with Crippen LogP contribution in [-0.4, -0.2) is 41.0 Å². The van der Waals surface area contributed by atoms with Gasteiger partial charge in [-0.3, -0.25) is 9.59 Å². The molecule has 1 fully saturated rings. The minimum atomic E-state index is -0.0603. The minimum absolute atomic E-state index is 0.0603. The summed E-state index contributed by atoms with van der Waals surface area (Å²) in [5.41, 5.74) is 1.46. The number of aryl methyl sites for hydroxylation is 1. The van der Waals surface area contributed by atoms with E-state index in [2.05, 4.69) is 5.32 Å². The Balaban J connectivity index is 1.44. The summed E-state index contributed by atoms with van der Waals surface area (Å²) >= 11 is 0. The quantitative estimate of drug-likeness (QED) is 0.869. The fraction of sp³-hybridized carbons (Fsp3) is 0.333. The van der Waals surface area contributed by atoms with E-state index >= 15 is 0 Å². The molecule has 1 aliphatic rings. The van der Waals surface area contributed by atoms with Crippen molar-refractivity contribution >= 4 is 11.8 Å². The maximum absolute atomic E-state index is 12.4. The predicted molar refractivity (Wildman–Crippen MR) is 99.9 cm³/mol. The number of phenols is 1. The highest BCUT2D eigenvalue weighted by Gasteiger charge is 2.24. The Morgan fingerprint density at radius 2 is 1.65 bits per heavy atom. The van der Waals surface area contributed by atoms with E-state index in [1.165, 1.54) is 0 Å². The molecule has 3 rings (SSSR count). The van der Waals surface area contributed by atoms with Crippen molar-refractivity contribution in [1.29, 1.82) is 0 Å². The SMILES string of the molecule is O=C(NC1CCN(C(=O)CCc2ccccc2O)CC1)c1ccccc1. The summed E-state index contributed by atoms with van der Waals surface area (Å²) in [5.74, 6) is 0.277. The van der Waals surface area contributed by atoms with Crippen molar-refractivity contribution < 1.29 is 14.7 Å². The molecule has 1 heterocycles. The molecular formula is C21H24N2O3. The number of hydrogen-bond acceptors (Lipinski definition) is 3. The standard InChI is InChI=1S/C21H24N2O3/c24-19-9-5-4-6-16(19)10-11-20(25)23-14-12-18(13-15-23)22-21(26)17-7-2-1-3-8-17/h1-9,18,24H,10-15H2,(H,22,26). The Hall–Kier alpha value is -2.82. The summed E-state index contributed by atoms with van der Waals surface area (Å²) in [6.45, 7) is 1.30. The first kappa shape index (κ1) is 18.0. The molecule has 5 heteroatoms. The lowest BCUT2D eigenvalue weighted by atomic mass is 10.0. The second kappa shape index (κ2) is 8.52.